The van der Waals surface area contributed by atoms with Crippen LogP contribution in [-0.2, 0) is 54.9 Å². The van der Waals surface area contributed by atoms with Crippen LogP contribution in [0.5, 0.6) is 0 Å². The van der Waals surface area contributed by atoms with Crippen LogP contribution in [0.4, 0.5) is 0 Å². The summed E-state index contributed by atoms with van der Waals surface area (Å²) in [5.74, 6) is 0.594. The van der Waals surface area contributed by atoms with E-state index in [0.717, 1.165) is 22.3 Å². The Morgan fingerprint density at radius 3 is 1.54 bits per heavy atom. The first-order chi connectivity index (χ1) is 22.6. The molecule has 0 radical (unpaired) electrons. The molecular weight excluding hydrogens is 576 g/mol. The molecular formula is C40H44O6. The van der Waals surface area contributed by atoms with E-state index in [1.165, 1.54) is 0 Å². The Labute approximate surface area is 272 Å². The van der Waals surface area contributed by atoms with E-state index in [1.54, 1.807) is 0 Å². The lowest BCUT2D eigenvalue weighted by molar-refractivity contribution is -0.223. The number of ether oxygens (including phenoxy) is 5. The third-order valence-electron chi connectivity index (χ3n) is 7.94. The van der Waals surface area contributed by atoms with Crippen molar-refractivity contribution in [2.75, 3.05) is 6.61 Å². The van der Waals surface area contributed by atoms with E-state index in [0.29, 0.717) is 32.2 Å². The minimum absolute atomic E-state index is 0.0961. The third-order valence-corrected chi connectivity index (χ3v) is 7.94. The van der Waals surface area contributed by atoms with Crippen molar-refractivity contribution in [3.05, 3.63) is 155 Å². The topological polar surface area (TPSA) is 63.2 Å². The van der Waals surface area contributed by atoms with Gasteiger partial charge in [0.25, 0.3) is 0 Å². The number of carbonyl (C=O) groups is 1. The number of benzene rings is 4. The van der Waals surface area contributed by atoms with Crippen LogP contribution in [0.15, 0.2) is 133 Å². The molecule has 240 valence electrons. The van der Waals surface area contributed by atoms with Crippen molar-refractivity contribution < 1.29 is 28.5 Å². The van der Waals surface area contributed by atoms with Gasteiger partial charge in [-0.1, -0.05) is 135 Å². The Morgan fingerprint density at radius 2 is 1.07 bits per heavy atom. The standard InChI is InChI=1S/C40H44O6/c1-30(2)35(41)23-24-36-38(43-26-32-17-9-4-10-18-32)40(45-28-34-21-13-6-14-22-34)39(44-27-33-19-11-5-12-20-33)37(46-36)29-42-25-31-15-7-3-8-16-31/h3-22,24,30,37-40H,23,25-29H2,1-2H3/b36-24+/t37-,38+,39-,40-/m1/s1. The molecule has 0 spiro atoms. The number of allylic oxidation sites excluding steroid dienone is 1. The molecule has 1 aliphatic heterocycles. The maximum absolute atomic E-state index is 12.8. The van der Waals surface area contributed by atoms with Gasteiger partial charge in [-0.25, -0.2) is 0 Å². The van der Waals surface area contributed by atoms with Crippen molar-refractivity contribution in [1.82, 2.24) is 0 Å². The summed E-state index contributed by atoms with van der Waals surface area (Å²) >= 11 is 0. The zero-order valence-electron chi connectivity index (χ0n) is 26.7. The van der Waals surface area contributed by atoms with Crippen molar-refractivity contribution in [3.8, 4) is 0 Å². The lowest BCUT2D eigenvalue weighted by atomic mass is 9.95. The average Bonchev–Trinajstić information content (AvgIpc) is 3.10. The minimum Gasteiger partial charge on any atom is -0.487 e. The van der Waals surface area contributed by atoms with Crippen LogP contribution in [0.25, 0.3) is 0 Å². The number of carbonyl (C=O) groups excluding carboxylic acids is 1. The molecule has 6 heteroatoms. The number of ketones is 1. The van der Waals surface area contributed by atoms with Crippen LogP contribution in [0.1, 0.15) is 42.5 Å². The Bertz CT molecular complexity index is 1470. The zero-order valence-corrected chi connectivity index (χ0v) is 26.7. The van der Waals surface area contributed by atoms with Gasteiger partial charge in [-0.2, -0.15) is 0 Å². The largest absolute Gasteiger partial charge is 0.487 e. The molecule has 5 rings (SSSR count). The Morgan fingerprint density at radius 1 is 0.630 bits per heavy atom. The molecule has 1 aliphatic rings. The van der Waals surface area contributed by atoms with Crippen molar-refractivity contribution >= 4 is 5.78 Å². The second kappa shape index (κ2) is 17.6. The smallest absolute Gasteiger partial charge is 0.150 e. The Hall–Kier alpha value is -4.07. The minimum atomic E-state index is -0.616. The van der Waals surface area contributed by atoms with Crippen molar-refractivity contribution in [2.45, 2.75) is 71.1 Å². The predicted octanol–water partition coefficient (Wildman–Crippen LogP) is 7.86. The molecule has 46 heavy (non-hydrogen) atoms. The molecule has 0 bridgehead atoms. The van der Waals surface area contributed by atoms with Gasteiger partial charge in [-0.05, 0) is 28.3 Å². The van der Waals surface area contributed by atoms with Gasteiger partial charge in [-0.15, -0.1) is 0 Å². The summed E-state index contributed by atoms with van der Waals surface area (Å²) in [6.45, 7) is 5.58. The second-order valence-electron chi connectivity index (χ2n) is 11.8. The normalized spacial score (nSPS) is 20.5. The molecule has 0 aromatic heterocycles. The molecule has 0 aliphatic carbocycles. The molecule has 0 amide bonds. The molecule has 1 heterocycles. The lowest BCUT2D eigenvalue weighted by Gasteiger charge is -2.43. The summed E-state index contributed by atoms with van der Waals surface area (Å²) < 4.78 is 33.0. The fourth-order valence-electron chi connectivity index (χ4n) is 5.31. The summed E-state index contributed by atoms with van der Waals surface area (Å²) in [5.41, 5.74) is 4.17. The fraction of sp³-hybridized carbons (Fsp3) is 0.325. The van der Waals surface area contributed by atoms with Crippen LogP contribution >= 0.6 is 0 Å². The van der Waals surface area contributed by atoms with Gasteiger partial charge in [0.1, 0.15) is 29.9 Å². The van der Waals surface area contributed by atoms with E-state index in [4.69, 9.17) is 23.7 Å². The SMILES string of the molecule is CC(C)C(=O)C/C=C1/O[C@H](COCc2ccccc2)[C@@H](OCc2ccccc2)[C@H](OCc2ccccc2)[C@H]1OCc1ccccc1. The number of Topliss-reactive ketones (excluding diaryl/α,β-unsaturated/α-hetero) is 1. The summed E-state index contributed by atoms with van der Waals surface area (Å²) in [5, 5.41) is 0. The van der Waals surface area contributed by atoms with Gasteiger partial charge >= 0.3 is 0 Å². The monoisotopic (exact) mass is 620 g/mol. The quantitative estimate of drug-likeness (QED) is 0.127. The van der Waals surface area contributed by atoms with Crippen LogP contribution in [0.3, 0.4) is 0 Å². The van der Waals surface area contributed by atoms with Crippen LogP contribution < -0.4 is 0 Å². The van der Waals surface area contributed by atoms with Crippen molar-refractivity contribution in [1.29, 1.82) is 0 Å². The molecule has 0 unspecified atom stereocenters. The summed E-state index contributed by atoms with van der Waals surface area (Å²) in [4.78, 5) is 12.8. The lowest BCUT2D eigenvalue weighted by Crippen LogP contribution is -2.56. The van der Waals surface area contributed by atoms with Gasteiger partial charge in [-0.3, -0.25) is 4.79 Å². The molecule has 1 saturated heterocycles. The van der Waals surface area contributed by atoms with E-state index in [-0.39, 0.29) is 24.7 Å². The first-order valence-electron chi connectivity index (χ1n) is 16.0. The third kappa shape index (κ3) is 9.96. The highest BCUT2D eigenvalue weighted by molar-refractivity contribution is 5.81. The highest BCUT2D eigenvalue weighted by atomic mass is 16.6. The number of hydrogen-bond acceptors (Lipinski definition) is 6. The number of hydrogen-bond donors (Lipinski definition) is 0. The molecule has 4 aromatic carbocycles. The van der Waals surface area contributed by atoms with Gasteiger partial charge in [0.2, 0.25) is 0 Å². The van der Waals surface area contributed by atoms with Crippen LogP contribution in [0, 0.1) is 5.92 Å². The molecule has 6 nitrogen and oxygen atoms in total. The highest BCUT2D eigenvalue weighted by Crippen LogP contribution is 2.33. The molecule has 1 fully saturated rings. The van der Waals surface area contributed by atoms with E-state index in [9.17, 15) is 4.79 Å². The van der Waals surface area contributed by atoms with Gasteiger partial charge in [0, 0.05) is 12.3 Å². The van der Waals surface area contributed by atoms with Crippen molar-refractivity contribution in [2.24, 2.45) is 5.92 Å². The van der Waals surface area contributed by atoms with Gasteiger partial charge in [0.05, 0.1) is 33.0 Å². The highest BCUT2D eigenvalue weighted by Gasteiger charge is 2.46. The summed E-state index contributed by atoms with van der Waals surface area (Å²) in [6, 6.07) is 40.2. The van der Waals surface area contributed by atoms with Gasteiger partial charge in [0.15, 0.2) is 6.10 Å². The van der Waals surface area contributed by atoms with Crippen LogP contribution in [-0.4, -0.2) is 36.8 Å². The maximum Gasteiger partial charge on any atom is 0.150 e. The molecule has 0 N–H and O–H groups in total. The molecule has 0 saturated carbocycles. The van der Waals surface area contributed by atoms with Crippen molar-refractivity contribution in [3.63, 3.8) is 0 Å². The fourth-order valence-corrected chi connectivity index (χ4v) is 5.31. The predicted molar refractivity (Wildman–Crippen MR) is 179 cm³/mol. The molecule has 4 aromatic rings. The Balaban J connectivity index is 1.47. The zero-order chi connectivity index (χ0) is 32.0. The Kier molecular flexibility index (Phi) is 12.7. The number of rotatable bonds is 16. The van der Waals surface area contributed by atoms with E-state index in [1.807, 2.05) is 141 Å². The molecule has 4 atom stereocenters. The van der Waals surface area contributed by atoms with Gasteiger partial charge < -0.3 is 23.7 Å². The summed E-state index contributed by atoms with van der Waals surface area (Å²) in [6.07, 6.45) is -0.115. The first kappa shape index (κ1) is 33.3. The summed E-state index contributed by atoms with van der Waals surface area (Å²) in [7, 11) is 0. The van der Waals surface area contributed by atoms with Crippen LogP contribution in [0.2, 0.25) is 0 Å². The second-order valence-corrected chi connectivity index (χ2v) is 11.8. The first-order valence-corrected chi connectivity index (χ1v) is 16.0. The van der Waals surface area contributed by atoms with E-state index < -0.39 is 24.4 Å². The van der Waals surface area contributed by atoms with E-state index in [2.05, 4.69) is 0 Å². The average molecular weight is 621 g/mol. The van der Waals surface area contributed by atoms with E-state index >= 15 is 0 Å². The maximum atomic E-state index is 12.8.